The molecule has 2 N–H and O–H groups in total. The fourth-order valence-electron chi connectivity index (χ4n) is 4.90. The first kappa shape index (κ1) is 30.4. The number of benzene rings is 3. The molecule has 1 fully saturated rings. The molecule has 9 heteroatoms. The van der Waals surface area contributed by atoms with E-state index < -0.39 is 12.0 Å². The second-order valence-corrected chi connectivity index (χ2v) is 11.2. The molecule has 2 amide bonds. The van der Waals surface area contributed by atoms with Gasteiger partial charge in [0.2, 0.25) is 11.8 Å². The van der Waals surface area contributed by atoms with Crippen LogP contribution in [0, 0.1) is 5.92 Å². The first-order chi connectivity index (χ1) is 19.8. The number of ether oxygens (including phenoxy) is 1. The Hall–Kier alpha value is -3.55. The summed E-state index contributed by atoms with van der Waals surface area (Å²) in [6.07, 6.45) is 2.77. The predicted octanol–water partition coefficient (Wildman–Crippen LogP) is 5.95. The fourth-order valence-corrected chi connectivity index (χ4v) is 5.23. The van der Waals surface area contributed by atoms with Gasteiger partial charge in [0, 0.05) is 32.4 Å². The van der Waals surface area contributed by atoms with Crippen LogP contribution in [0.3, 0.4) is 0 Å². The lowest BCUT2D eigenvalue weighted by molar-refractivity contribution is -0.142. The molecule has 0 radical (unpaired) electrons. The van der Waals surface area contributed by atoms with Crippen LogP contribution in [0.25, 0.3) is 0 Å². The molecule has 1 heterocycles. The number of hydrogen-bond acceptors (Lipinski definition) is 4. The summed E-state index contributed by atoms with van der Waals surface area (Å²) in [6.45, 7) is 1.61. The van der Waals surface area contributed by atoms with Gasteiger partial charge in [-0.1, -0.05) is 71.7 Å². The number of carboxylic acids is 1. The Bertz CT molecular complexity index is 1330. The van der Waals surface area contributed by atoms with Crippen molar-refractivity contribution in [3.05, 3.63) is 99.5 Å². The Kier molecular flexibility index (Phi) is 11.0. The molecule has 216 valence electrons. The molecule has 3 aromatic carbocycles. The largest absolute Gasteiger partial charge is 0.489 e. The minimum absolute atomic E-state index is 0.0707. The lowest BCUT2D eigenvalue weighted by Crippen LogP contribution is -2.44. The summed E-state index contributed by atoms with van der Waals surface area (Å²) in [4.78, 5) is 39.1. The maximum absolute atomic E-state index is 12.7. The van der Waals surface area contributed by atoms with E-state index in [-0.39, 0.29) is 30.6 Å². The van der Waals surface area contributed by atoms with E-state index in [4.69, 9.17) is 27.9 Å². The summed E-state index contributed by atoms with van der Waals surface area (Å²) in [5.74, 6) is -0.506. The molecule has 1 aliphatic rings. The maximum Gasteiger partial charge on any atom is 0.326 e. The van der Waals surface area contributed by atoms with Crippen LogP contribution in [-0.2, 0) is 33.8 Å². The Balaban J connectivity index is 1.18. The average molecular weight is 598 g/mol. The minimum Gasteiger partial charge on any atom is -0.489 e. The lowest BCUT2D eigenvalue weighted by atomic mass is 9.92. The third-order valence-electron chi connectivity index (χ3n) is 7.30. The first-order valence-electron chi connectivity index (χ1n) is 13.8. The van der Waals surface area contributed by atoms with Crippen LogP contribution in [0.2, 0.25) is 10.0 Å². The van der Waals surface area contributed by atoms with Gasteiger partial charge in [-0.15, -0.1) is 0 Å². The zero-order valence-electron chi connectivity index (χ0n) is 22.7. The van der Waals surface area contributed by atoms with E-state index >= 15 is 0 Å². The van der Waals surface area contributed by atoms with Crippen LogP contribution < -0.4 is 10.1 Å². The summed E-state index contributed by atoms with van der Waals surface area (Å²) in [5, 5.41) is 13.4. The Labute approximate surface area is 250 Å². The van der Waals surface area contributed by atoms with E-state index in [1.807, 2.05) is 53.4 Å². The van der Waals surface area contributed by atoms with Gasteiger partial charge in [0.15, 0.2) is 0 Å². The molecule has 1 saturated heterocycles. The molecular weight excluding hydrogens is 563 g/mol. The van der Waals surface area contributed by atoms with Crippen molar-refractivity contribution < 1.29 is 24.2 Å². The number of carbonyl (C=O) groups is 3. The third-order valence-corrected chi connectivity index (χ3v) is 8.04. The molecule has 4 rings (SSSR count). The van der Waals surface area contributed by atoms with Gasteiger partial charge in [-0.2, -0.15) is 0 Å². The number of hydrogen-bond donors (Lipinski definition) is 2. The highest BCUT2D eigenvalue weighted by Gasteiger charge is 2.26. The highest BCUT2D eigenvalue weighted by Crippen LogP contribution is 2.25. The summed E-state index contributed by atoms with van der Waals surface area (Å²) in [7, 11) is 0. The van der Waals surface area contributed by atoms with E-state index in [0.717, 1.165) is 16.7 Å². The lowest BCUT2D eigenvalue weighted by Gasteiger charge is -2.32. The highest BCUT2D eigenvalue weighted by atomic mass is 35.5. The van der Waals surface area contributed by atoms with Gasteiger partial charge >= 0.3 is 5.97 Å². The summed E-state index contributed by atoms with van der Waals surface area (Å²) in [5.41, 5.74) is 2.81. The molecular formula is C32H34Cl2N2O5. The van der Waals surface area contributed by atoms with E-state index in [1.54, 1.807) is 24.3 Å². The third kappa shape index (κ3) is 9.51. The van der Waals surface area contributed by atoms with Crippen molar-refractivity contribution in [2.24, 2.45) is 5.92 Å². The number of carbonyl (C=O) groups excluding carboxylic acids is 2. The van der Waals surface area contributed by atoms with Crippen LogP contribution in [0.15, 0.2) is 72.8 Å². The predicted molar refractivity (Wildman–Crippen MR) is 159 cm³/mol. The van der Waals surface area contributed by atoms with Crippen LogP contribution in [0.4, 0.5) is 0 Å². The number of nitrogens with zero attached hydrogens (tertiary/aromatic N) is 1. The Morgan fingerprint density at radius 3 is 2.24 bits per heavy atom. The Morgan fingerprint density at radius 2 is 1.59 bits per heavy atom. The van der Waals surface area contributed by atoms with Gasteiger partial charge in [0.25, 0.3) is 0 Å². The van der Waals surface area contributed by atoms with E-state index in [2.05, 4.69) is 5.32 Å². The molecule has 0 bridgehead atoms. The van der Waals surface area contributed by atoms with E-state index in [0.29, 0.717) is 61.2 Å². The van der Waals surface area contributed by atoms with Gasteiger partial charge in [0.1, 0.15) is 18.4 Å². The standard InChI is InChI=1S/C32H34Cl2N2O5/c33-27-12-8-22(18-28(27)34)9-13-31(38)36-16-14-24(15-17-36)20-30(37)35-29(32(39)40)19-23-6-10-26(11-7-23)41-21-25-4-2-1-3-5-25/h1-8,10-12,18,24,29H,9,13-17,19-21H2,(H,35,37)(H,39,40). The number of nitrogens with one attached hydrogen (secondary N) is 1. The van der Waals surface area contributed by atoms with Crippen molar-refractivity contribution in [2.75, 3.05) is 13.1 Å². The van der Waals surface area contributed by atoms with Crippen LogP contribution >= 0.6 is 23.2 Å². The number of amides is 2. The van der Waals surface area contributed by atoms with Crippen LogP contribution in [0.5, 0.6) is 5.75 Å². The van der Waals surface area contributed by atoms with Crippen molar-refractivity contribution in [1.82, 2.24) is 10.2 Å². The number of rotatable bonds is 12. The quantitative estimate of drug-likeness (QED) is 0.269. The molecule has 0 aromatic heterocycles. The van der Waals surface area contributed by atoms with Gasteiger partial charge in [0.05, 0.1) is 10.0 Å². The number of aryl methyl sites for hydroxylation is 1. The first-order valence-corrected chi connectivity index (χ1v) is 14.5. The molecule has 1 atom stereocenters. The number of aliphatic carboxylic acids is 1. The molecule has 0 saturated carbocycles. The van der Waals surface area contributed by atoms with Crippen molar-refractivity contribution in [1.29, 1.82) is 0 Å². The zero-order chi connectivity index (χ0) is 29.2. The maximum atomic E-state index is 12.7. The van der Waals surface area contributed by atoms with Gasteiger partial charge in [-0.3, -0.25) is 9.59 Å². The molecule has 41 heavy (non-hydrogen) atoms. The number of piperidine rings is 1. The van der Waals surface area contributed by atoms with Crippen molar-refractivity contribution in [3.63, 3.8) is 0 Å². The zero-order valence-corrected chi connectivity index (χ0v) is 24.2. The normalized spacial score (nSPS) is 14.3. The van der Waals surface area contributed by atoms with Crippen molar-refractivity contribution in [2.45, 2.75) is 51.2 Å². The SMILES string of the molecule is O=C(CC1CCN(C(=O)CCc2ccc(Cl)c(Cl)c2)CC1)NC(Cc1ccc(OCc2ccccc2)cc1)C(=O)O. The second kappa shape index (κ2) is 14.9. The molecule has 1 aliphatic heterocycles. The highest BCUT2D eigenvalue weighted by molar-refractivity contribution is 6.42. The van der Waals surface area contributed by atoms with Crippen LogP contribution in [-0.4, -0.2) is 46.9 Å². The molecule has 0 spiro atoms. The average Bonchev–Trinajstić information content (AvgIpc) is 2.97. The monoisotopic (exact) mass is 596 g/mol. The second-order valence-electron chi connectivity index (χ2n) is 10.4. The van der Waals surface area contributed by atoms with Gasteiger partial charge in [-0.25, -0.2) is 4.79 Å². The van der Waals surface area contributed by atoms with Gasteiger partial charge < -0.3 is 20.1 Å². The number of halogens is 2. The smallest absolute Gasteiger partial charge is 0.326 e. The Morgan fingerprint density at radius 1 is 0.902 bits per heavy atom. The van der Waals surface area contributed by atoms with Gasteiger partial charge in [-0.05, 0) is 66.1 Å². The minimum atomic E-state index is -1.08. The summed E-state index contributed by atoms with van der Waals surface area (Å²) >= 11 is 12.0. The number of carboxylic acid groups (broad SMARTS) is 1. The summed E-state index contributed by atoms with van der Waals surface area (Å²) in [6, 6.07) is 21.4. The molecule has 3 aromatic rings. The van der Waals surface area contributed by atoms with E-state index in [1.165, 1.54) is 0 Å². The summed E-state index contributed by atoms with van der Waals surface area (Å²) < 4.78 is 5.79. The van der Waals surface area contributed by atoms with Crippen molar-refractivity contribution in [3.8, 4) is 5.75 Å². The fraction of sp³-hybridized carbons (Fsp3) is 0.344. The molecule has 7 nitrogen and oxygen atoms in total. The topological polar surface area (TPSA) is 95.9 Å². The van der Waals surface area contributed by atoms with Crippen LogP contribution in [0.1, 0.15) is 42.4 Å². The molecule has 0 aliphatic carbocycles. The van der Waals surface area contributed by atoms with Crippen molar-refractivity contribution >= 4 is 41.0 Å². The molecule has 1 unspecified atom stereocenters. The van der Waals surface area contributed by atoms with E-state index in [9.17, 15) is 19.5 Å². The number of likely N-dealkylation sites (tertiary alicyclic amines) is 1.